The number of hydrogen-bond donors (Lipinski definition) is 1. The highest BCUT2D eigenvalue weighted by molar-refractivity contribution is 6.09. The molecule has 0 heterocycles. The second kappa shape index (κ2) is 7.81. The van der Waals surface area contributed by atoms with E-state index >= 15 is 0 Å². The lowest BCUT2D eigenvalue weighted by Crippen LogP contribution is -2.10. The van der Waals surface area contributed by atoms with E-state index in [1.54, 1.807) is 13.1 Å². The van der Waals surface area contributed by atoms with Gasteiger partial charge in [0, 0.05) is 0 Å². The van der Waals surface area contributed by atoms with Gasteiger partial charge in [-0.05, 0) is 19.4 Å². The number of carbonyl (C=O) groups excluding carboxylic acids is 1. The van der Waals surface area contributed by atoms with Crippen LogP contribution in [0.15, 0.2) is 51.9 Å². The van der Waals surface area contributed by atoms with E-state index in [1.165, 1.54) is 13.1 Å². The van der Waals surface area contributed by atoms with Gasteiger partial charge in [-0.3, -0.25) is 0 Å². The van der Waals surface area contributed by atoms with Crippen LogP contribution in [0.1, 0.15) is 19.4 Å². The maximum atomic E-state index is 11.5. The Labute approximate surface area is 111 Å². The molecule has 0 unspecified atom stereocenters. The highest BCUT2D eigenvalue weighted by atomic mass is 16.5. The summed E-state index contributed by atoms with van der Waals surface area (Å²) < 4.78 is 4.78. The third-order valence-corrected chi connectivity index (χ3v) is 2.15. The first-order chi connectivity index (χ1) is 9.15. The number of hydrogen-bond acceptors (Lipinski definition) is 5. The van der Waals surface area contributed by atoms with Gasteiger partial charge in [0.25, 0.3) is 0 Å². The van der Waals surface area contributed by atoms with E-state index in [2.05, 4.69) is 10.2 Å². The fraction of sp³-hybridized carbons (Fsp3) is 0.214. The summed E-state index contributed by atoms with van der Waals surface area (Å²) in [6.45, 7) is 3.31. The highest BCUT2D eigenvalue weighted by Gasteiger charge is 2.11. The summed E-state index contributed by atoms with van der Waals surface area (Å²) in [5.41, 5.74) is 0.883. The van der Waals surface area contributed by atoms with Gasteiger partial charge in [0.05, 0.1) is 19.0 Å². The van der Waals surface area contributed by atoms with Crippen LogP contribution >= 0.6 is 0 Å². The molecule has 0 aromatic heterocycles. The molecule has 0 spiro atoms. The average Bonchev–Trinajstić information content (AvgIpc) is 2.39. The van der Waals surface area contributed by atoms with E-state index in [9.17, 15) is 9.90 Å². The summed E-state index contributed by atoms with van der Waals surface area (Å²) >= 11 is 0. The Kier molecular flexibility index (Phi) is 6.02. The van der Waals surface area contributed by atoms with Crippen LogP contribution in [-0.4, -0.2) is 30.1 Å². The first kappa shape index (κ1) is 14.6. The average molecular weight is 260 g/mol. The predicted molar refractivity (Wildman–Crippen MR) is 74.5 cm³/mol. The van der Waals surface area contributed by atoms with Gasteiger partial charge >= 0.3 is 5.97 Å². The number of aliphatic hydroxyl groups excluding tert-OH is 1. The molecule has 5 nitrogen and oxygen atoms in total. The number of rotatable bonds is 5. The van der Waals surface area contributed by atoms with Crippen molar-refractivity contribution in [2.45, 2.75) is 13.8 Å². The lowest BCUT2D eigenvalue weighted by molar-refractivity contribution is -0.138. The van der Waals surface area contributed by atoms with Gasteiger partial charge in [-0.2, -0.15) is 10.2 Å². The van der Waals surface area contributed by atoms with E-state index < -0.39 is 5.97 Å². The normalized spacial score (nSPS) is 12.7. The number of carbonyl (C=O) groups is 1. The molecule has 0 atom stereocenters. The number of benzene rings is 1. The van der Waals surface area contributed by atoms with Crippen LogP contribution in [0, 0.1) is 0 Å². The lowest BCUT2D eigenvalue weighted by atomic mass is 10.2. The van der Waals surface area contributed by atoms with E-state index in [1.807, 2.05) is 30.3 Å². The van der Waals surface area contributed by atoms with E-state index in [4.69, 9.17) is 4.74 Å². The maximum absolute atomic E-state index is 11.5. The SMILES string of the molecule is CCOC(=O)C(/C=N/N=C\c1ccccc1)=C(\C)O. The van der Waals surface area contributed by atoms with Crippen molar-refractivity contribution in [2.24, 2.45) is 10.2 Å². The van der Waals surface area contributed by atoms with Gasteiger partial charge in [0.1, 0.15) is 11.3 Å². The quantitative estimate of drug-likeness (QED) is 0.291. The van der Waals surface area contributed by atoms with Crippen molar-refractivity contribution >= 4 is 18.4 Å². The van der Waals surface area contributed by atoms with Crippen molar-refractivity contribution in [3.8, 4) is 0 Å². The molecule has 0 aliphatic heterocycles. The Morgan fingerprint density at radius 1 is 1.32 bits per heavy atom. The van der Waals surface area contributed by atoms with Gasteiger partial charge < -0.3 is 9.84 Å². The summed E-state index contributed by atoms with van der Waals surface area (Å²) in [4.78, 5) is 11.5. The topological polar surface area (TPSA) is 71.2 Å². The molecule has 19 heavy (non-hydrogen) atoms. The molecule has 0 bridgehead atoms. The molecule has 0 radical (unpaired) electrons. The molecule has 5 heteroatoms. The molecule has 0 saturated carbocycles. The van der Waals surface area contributed by atoms with Gasteiger partial charge in [-0.15, -0.1) is 0 Å². The first-order valence-electron chi connectivity index (χ1n) is 5.83. The molecule has 1 aromatic carbocycles. The van der Waals surface area contributed by atoms with Crippen LogP contribution in [0.2, 0.25) is 0 Å². The highest BCUT2D eigenvalue weighted by Crippen LogP contribution is 2.01. The van der Waals surface area contributed by atoms with Crippen LogP contribution in [-0.2, 0) is 9.53 Å². The number of ether oxygens (including phenoxy) is 1. The second-order valence-corrected chi connectivity index (χ2v) is 3.62. The third-order valence-electron chi connectivity index (χ3n) is 2.15. The monoisotopic (exact) mass is 260 g/mol. The first-order valence-corrected chi connectivity index (χ1v) is 5.83. The number of allylic oxidation sites excluding steroid dienone is 1. The molecule has 0 fully saturated rings. The largest absolute Gasteiger partial charge is 0.512 e. The molecule has 1 rings (SSSR count). The zero-order chi connectivity index (χ0) is 14.1. The van der Waals surface area contributed by atoms with E-state index in [0.717, 1.165) is 5.56 Å². The summed E-state index contributed by atoms with van der Waals surface area (Å²) in [6, 6.07) is 9.41. The molecule has 0 saturated heterocycles. The zero-order valence-corrected chi connectivity index (χ0v) is 10.9. The van der Waals surface area contributed by atoms with Crippen LogP contribution in [0.4, 0.5) is 0 Å². The fourth-order valence-corrected chi connectivity index (χ4v) is 1.23. The molecule has 0 aliphatic carbocycles. The Morgan fingerprint density at radius 2 is 2.00 bits per heavy atom. The number of nitrogens with zero attached hydrogens (tertiary/aromatic N) is 2. The van der Waals surface area contributed by atoms with E-state index in [-0.39, 0.29) is 17.9 Å². The van der Waals surface area contributed by atoms with Gasteiger partial charge in [0.2, 0.25) is 0 Å². The summed E-state index contributed by atoms with van der Waals surface area (Å²) in [7, 11) is 0. The van der Waals surface area contributed by atoms with Crippen molar-refractivity contribution in [3.05, 3.63) is 47.2 Å². The Morgan fingerprint density at radius 3 is 2.58 bits per heavy atom. The number of aliphatic hydroxyl groups is 1. The summed E-state index contributed by atoms with van der Waals surface area (Å²) in [5.74, 6) is -0.779. The van der Waals surface area contributed by atoms with Gasteiger partial charge in [-0.25, -0.2) is 4.79 Å². The molecule has 0 amide bonds. The van der Waals surface area contributed by atoms with Crippen molar-refractivity contribution < 1.29 is 14.6 Å². The van der Waals surface area contributed by atoms with E-state index in [0.29, 0.717) is 0 Å². The van der Waals surface area contributed by atoms with Gasteiger partial charge in [-0.1, -0.05) is 30.3 Å². The van der Waals surface area contributed by atoms with Crippen molar-refractivity contribution in [1.29, 1.82) is 0 Å². The minimum atomic E-state index is -0.624. The van der Waals surface area contributed by atoms with Crippen molar-refractivity contribution in [2.75, 3.05) is 6.61 Å². The van der Waals surface area contributed by atoms with Gasteiger partial charge in [0.15, 0.2) is 0 Å². The second-order valence-electron chi connectivity index (χ2n) is 3.62. The Balaban J connectivity index is 2.71. The van der Waals surface area contributed by atoms with Crippen LogP contribution in [0.3, 0.4) is 0 Å². The minimum Gasteiger partial charge on any atom is -0.512 e. The smallest absolute Gasteiger partial charge is 0.343 e. The third kappa shape index (κ3) is 5.16. The van der Waals surface area contributed by atoms with Crippen molar-refractivity contribution in [3.63, 3.8) is 0 Å². The van der Waals surface area contributed by atoms with Crippen molar-refractivity contribution in [1.82, 2.24) is 0 Å². The molecule has 1 aromatic rings. The number of esters is 1. The van der Waals surface area contributed by atoms with Crippen LogP contribution < -0.4 is 0 Å². The summed E-state index contributed by atoms with van der Waals surface area (Å²) in [6.07, 6.45) is 2.72. The lowest BCUT2D eigenvalue weighted by Gasteiger charge is -2.01. The maximum Gasteiger partial charge on any atom is 0.343 e. The Bertz CT molecular complexity index is 501. The molecular weight excluding hydrogens is 244 g/mol. The van der Waals surface area contributed by atoms with Crippen LogP contribution in [0.25, 0.3) is 0 Å². The molecule has 1 N–H and O–H groups in total. The minimum absolute atomic E-state index is 0.00735. The zero-order valence-electron chi connectivity index (χ0n) is 10.9. The molecular formula is C14H16N2O3. The van der Waals surface area contributed by atoms with Crippen LogP contribution in [0.5, 0.6) is 0 Å². The standard InChI is InChI=1S/C14H16N2O3/c1-3-19-14(18)13(11(2)17)10-16-15-9-12-7-5-4-6-8-12/h4-10,17H,3H2,1-2H3/b13-11+,15-9-,16-10+. The molecule has 0 aliphatic rings. The molecule has 100 valence electrons. The fourth-order valence-electron chi connectivity index (χ4n) is 1.23. The Hall–Kier alpha value is -2.43. The summed E-state index contributed by atoms with van der Waals surface area (Å²) in [5, 5.41) is 16.9. The predicted octanol–water partition coefficient (Wildman–Crippen LogP) is 2.49.